The molecule has 1 amide bonds. The van der Waals surface area contributed by atoms with E-state index in [1.165, 1.54) is 16.3 Å². The summed E-state index contributed by atoms with van der Waals surface area (Å²) < 4.78 is 0. The number of amides is 1. The third-order valence-electron chi connectivity index (χ3n) is 5.57. The predicted molar refractivity (Wildman–Crippen MR) is 120 cm³/mol. The van der Waals surface area contributed by atoms with Gasteiger partial charge in [-0.2, -0.15) is 0 Å². The first-order chi connectivity index (χ1) is 14.5. The number of carbonyl (C=O) groups excluding carboxylic acids is 1. The average molecular weight is 424 g/mol. The molecule has 4 rings (SSSR count). The Balaban J connectivity index is 1.43. The lowest BCUT2D eigenvalue weighted by molar-refractivity contribution is -0.914. The van der Waals surface area contributed by atoms with Crippen LogP contribution >= 0.6 is 11.3 Å². The Bertz CT molecular complexity index is 1010. The van der Waals surface area contributed by atoms with Crippen molar-refractivity contribution in [1.82, 2.24) is 4.98 Å². The molecular weight excluding hydrogens is 394 g/mol. The van der Waals surface area contributed by atoms with Gasteiger partial charge < -0.3 is 4.90 Å². The van der Waals surface area contributed by atoms with E-state index in [1.54, 1.807) is 23.2 Å². The first kappa shape index (κ1) is 20.5. The van der Waals surface area contributed by atoms with Crippen LogP contribution in [0.4, 0.5) is 16.6 Å². The van der Waals surface area contributed by atoms with Crippen molar-refractivity contribution in [2.75, 3.05) is 36.0 Å². The number of hydrogen-bond acceptors (Lipinski definition) is 4. The minimum atomic E-state index is -0.0112. The van der Waals surface area contributed by atoms with Gasteiger partial charge in [-0.15, -0.1) is 11.3 Å². The molecule has 3 aromatic rings. The van der Waals surface area contributed by atoms with Gasteiger partial charge in [0.15, 0.2) is 5.13 Å². The quantitative estimate of drug-likeness (QED) is 0.684. The number of carbonyl (C=O) groups is 1. The number of rotatable bonds is 5. The Labute approximate surface area is 181 Å². The molecule has 0 aliphatic carbocycles. The van der Waals surface area contributed by atoms with E-state index in [2.05, 4.69) is 40.4 Å². The zero-order valence-electron chi connectivity index (χ0n) is 17.8. The van der Waals surface area contributed by atoms with E-state index in [-0.39, 0.29) is 5.91 Å². The highest BCUT2D eigenvalue weighted by Crippen LogP contribution is 2.31. The van der Waals surface area contributed by atoms with Gasteiger partial charge in [0, 0.05) is 18.4 Å². The van der Waals surface area contributed by atoms with Gasteiger partial charge in [-0.25, -0.2) is 9.97 Å². The number of aromatic nitrogens is 2. The van der Waals surface area contributed by atoms with Crippen molar-refractivity contribution in [3.05, 3.63) is 64.8 Å². The number of thiazole rings is 1. The Morgan fingerprint density at radius 1 is 1.23 bits per heavy atom. The van der Waals surface area contributed by atoms with Crippen LogP contribution in [0, 0.1) is 13.8 Å². The fraction of sp³-hybridized carbons (Fsp3) is 0.348. The second-order valence-corrected chi connectivity index (χ2v) is 8.76. The molecule has 156 valence electrons. The standard InChI is InChI=1S/C23H27N5OS/c1-17-7-8-21(18(2)14-17)28(19(3)29)23-25-20(16-30-23)15-26-10-12-27(13-11-26)22-6-4-5-9-24-22/h4-9,14,16H,10-13,15H2,1-3H3/p+2. The predicted octanol–water partition coefficient (Wildman–Crippen LogP) is 2.16. The number of quaternary nitrogens is 1. The molecule has 0 radical (unpaired) electrons. The number of piperazine rings is 1. The van der Waals surface area contributed by atoms with Crippen LogP contribution in [0.3, 0.4) is 0 Å². The lowest BCUT2D eigenvalue weighted by Crippen LogP contribution is -3.13. The summed E-state index contributed by atoms with van der Waals surface area (Å²) in [6, 6.07) is 12.4. The molecule has 1 aliphatic heterocycles. The van der Waals surface area contributed by atoms with Crippen LogP contribution in [-0.2, 0) is 11.3 Å². The number of aromatic amines is 1. The van der Waals surface area contributed by atoms with Crippen LogP contribution < -0.4 is 19.7 Å². The van der Waals surface area contributed by atoms with E-state index in [1.807, 2.05) is 31.3 Å². The number of hydrogen-bond donors (Lipinski definition) is 1. The van der Waals surface area contributed by atoms with Crippen molar-refractivity contribution in [2.45, 2.75) is 27.3 Å². The summed E-state index contributed by atoms with van der Waals surface area (Å²) in [7, 11) is 0. The molecule has 30 heavy (non-hydrogen) atoms. The molecule has 7 heteroatoms. The maximum atomic E-state index is 12.4. The minimum absolute atomic E-state index is 0.0112. The molecule has 2 N–H and O–H groups in total. The Morgan fingerprint density at radius 2 is 2.03 bits per heavy atom. The third kappa shape index (κ3) is 4.52. The van der Waals surface area contributed by atoms with Gasteiger partial charge in [0.05, 0.1) is 11.9 Å². The van der Waals surface area contributed by atoms with Crippen molar-refractivity contribution in [1.29, 1.82) is 0 Å². The summed E-state index contributed by atoms with van der Waals surface area (Å²) in [4.78, 5) is 26.2. The van der Waals surface area contributed by atoms with E-state index in [9.17, 15) is 4.79 Å². The van der Waals surface area contributed by atoms with Crippen molar-refractivity contribution in [3.63, 3.8) is 0 Å². The molecule has 0 atom stereocenters. The highest BCUT2D eigenvalue weighted by atomic mass is 32.1. The monoisotopic (exact) mass is 423 g/mol. The number of aryl methyl sites for hydroxylation is 2. The molecule has 0 unspecified atom stereocenters. The summed E-state index contributed by atoms with van der Waals surface area (Å²) in [5.41, 5.74) is 4.24. The molecule has 2 aromatic heterocycles. The van der Waals surface area contributed by atoms with E-state index in [0.717, 1.165) is 54.8 Å². The molecule has 3 heterocycles. The zero-order chi connectivity index (χ0) is 21.1. The van der Waals surface area contributed by atoms with Crippen molar-refractivity contribution in [2.24, 2.45) is 0 Å². The topological polar surface area (TPSA) is 55.0 Å². The van der Waals surface area contributed by atoms with Gasteiger partial charge in [-0.3, -0.25) is 14.6 Å². The lowest BCUT2D eigenvalue weighted by Gasteiger charge is -2.27. The largest absolute Gasteiger partial charge is 0.323 e. The Kier molecular flexibility index (Phi) is 6.11. The number of nitrogens with zero attached hydrogens (tertiary/aromatic N) is 3. The zero-order valence-corrected chi connectivity index (χ0v) is 18.6. The molecule has 1 aromatic carbocycles. The summed E-state index contributed by atoms with van der Waals surface area (Å²) in [6.07, 6.45) is 1.97. The SMILES string of the molecule is CC(=O)N(c1nc(C[NH+]2CCN(c3cccc[nH+]3)CC2)cs1)c1ccc(C)cc1C. The number of H-pyrrole nitrogens is 1. The van der Waals surface area contributed by atoms with Crippen LogP contribution in [0.15, 0.2) is 48.0 Å². The van der Waals surface area contributed by atoms with Crippen molar-refractivity contribution in [3.8, 4) is 0 Å². The third-order valence-corrected chi connectivity index (χ3v) is 6.45. The first-order valence-electron chi connectivity index (χ1n) is 10.4. The van der Waals surface area contributed by atoms with Crippen LogP contribution in [0.2, 0.25) is 0 Å². The molecule has 0 saturated carbocycles. The number of benzene rings is 1. The Morgan fingerprint density at radius 3 is 2.70 bits per heavy atom. The maximum Gasteiger partial charge on any atom is 0.274 e. The molecular formula is C23H29N5OS+2. The summed E-state index contributed by atoms with van der Waals surface area (Å²) >= 11 is 1.54. The number of anilines is 3. The van der Waals surface area contributed by atoms with E-state index < -0.39 is 0 Å². The molecule has 0 spiro atoms. The van der Waals surface area contributed by atoms with Gasteiger partial charge in [0.1, 0.15) is 38.4 Å². The molecule has 1 saturated heterocycles. The molecule has 1 aliphatic rings. The number of pyridine rings is 1. The minimum Gasteiger partial charge on any atom is -0.323 e. The fourth-order valence-electron chi connectivity index (χ4n) is 4.02. The summed E-state index contributed by atoms with van der Waals surface area (Å²) in [5.74, 6) is 1.17. The van der Waals surface area contributed by atoms with Crippen molar-refractivity contribution < 1.29 is 14.7 Å². The maximum absolute atomic E-state index is 12.4. The average Bonchev–Trinajstić information content (AvgIpc) is 3.19. The first-order valence-corrected chi connectivity index (χ1v) is 11.3. The van der Waals surface area contributed by atoms with Gasteiger partial charge in [0.2, 0.25) is 5.91 Å². The van der Waals surface area contributed by atoms with Crippen LogP contribution in [0.25, 0.3) is 0 Å². The highest BCUT2D eigenvalue weighted by Gasteiger charge is 2.27. The van der Waals surface area contributed by atoms with Gasteiger partial charge in [-0.1, -0.05) is 23.8 Å². The Hall–Kier alpha value is -2.77. The normalized spacial score (nSPS) is 14.7. The van der Waals surface area contributed by atoms with Gasteiger partial charge >= 0.3 is 0 Å². The van der Waals surface area contributed by atoms with Gasteiger partial charge in [0.25, 0.3) is 5.82 Å². The number of nitrogens with one attached hydrogen (secondary N) is 2. The summed E-state index contributed by atoms with van der Waals surface area (Å²) in [5, 5.41) is 2.85. The molecule has 0 bridgehead atoms. The second kappa shape index (κ2) is 8.93. The van der Waals surface area contributed by atoms with Crippen LogP contribution in [0.1, 0.15) is 23.7 Å². The van der Waals surface area contributed by atoms with Crippen LogP contribution in [0.5, 0.6) is 0 Å². The molecule has 6 nitrogen and oxygen atoms in total. The van der Waals surface area contributed by atoms with Crippen LogP contribution in [-0.4, -0.2) is 37.1 Å². The van der Waals surface area contributed by atoms with Gasteiger partial charge in [-0.05, 0) is 31.5 Å². The second-order valence-electron chi connectivity index (χ2n) is 7.93. The highest BCUT2D eigenvalue weighted by molar-refractivity contribution is 7.14. The summed E-state index contributed by atoms with van der Waals surface area (Å²) in [6.45, 7) is 10.8. The van der Waals surface area contributed by atoms with E-state index >= 15 is 0 Å². The van der Waals surface area contributed by atoms with E-state index in [4.69, 9.17) is 4.98 Å². The lowest BCUT2D eigenvalue weighted by atomic mass is 10.1. The fourth-order valence-corrected chi connectivity index (χ4v) is 4.90. The smallest absolute Gasteiger partial charge is 0.274 e. The van der Waals surface area contributed by atoms with Crippen molar-refractivity contribution >= 4 is 33.9 Å². The van der Waals surface area contributed by atoms with E-state index in [0.29, 0.717) is 0 Å². The molecule has 1 fully saturated rings.